The van der Waals surface area contributed by atoms with Crippen LogP contribution in [0.2, 0.25) is 0 Å². The Morgan fingerprint density at radius 1 is 1.03 bits per heavy atom. The highest BCUT2D eigenvalue weighted by molar-refractivity contribution is 7.89. The van der Waals surface area contributed by atoms with Gasteiger partial charge < -0.3 is 15.0 Å². The van der Waals surface area contributed by atoms with Crippen LogP contribution in [0.4, 0.5) is 11.4 Å². The number of anilines is 2. The van der Waals surface area contributed by atoms with Crippen molar-refractivity contribution in [3.05, 3.63) is 35.7 Å². The first-order chi connectivity index (χ1) is 16.3. The number of amides is 1. The van der Waals surface area contributed by atoms with E-state index in [0.717, 1.165) is 43.0 Å². The van der Waals surface area contributed by atoms with Crippen LogP contribution in [0, 0.1) is 13.8 Å². The highest BCUT2D eigenvalue weighted by atomic mass is 32.2. The Bertz CT molecular complexity index is 1100. The molecular weight excluding hydrogens is 454 g/mol. The van der Waals surface area contributed by atoms with E-state index < -0.39 is 10.0 Å². The number of aromatic nitrogens is 2. The van der Waals surface area contributed by atoms with Gasteiger partial charge in [-0.1, -0.05) is 12.8 Å². The molecule has 0 aliphatic carbocycles. The predicted molar refractivity (Wildman–Crippen MR) is 132 cm³/mol. The summed E-state index contributed by atoms with van der Waals surface area (Å²) in [7, 11) is -3.66. The van der Waals surface area contributed by atoms with Gasteiger partial charge in [-0.3, -0.25) is 9.48 Å². The molecule has 4 rings (SSSR count). The highest BCUT2D eigenvalue weighted by Crippen LogP contribution is 2.32. The molecular formula is C24H35N5O4S. The van der Waals surface area contributed by atoms with Gasteiger partial charge in [-0.25, -0.2) is 8.42 Å². The molecule has 2 fully saturated rings. The fourth-order valence-corrected chi connectivity index (χ4v) is 6.06. The molecule has 0 atom stereocenters. The third-order valence-electron chi connectivity index (χ3n) is 6.45. The average Bonchev–Trinajstić information content (AvgIpc) is 3.00. The van der Waals surface area contributed by atoms with E-state index in [1.807, 2.05) is 30.7 Å². The van der Waals surface area contributed by atoms with Crippen molar-refractivity contribution in [1.29, 1.82) is 0 Å². The lowest BCUT2D eigenvalue weighted by molar-refractivity contribution is -0.116. The number of hydrogen-bond donors (Lipinski definition) is 1. The molecule has 9 nitrogen and oxygen atoms in total. The van der Waals surface area contributed by atoms with E-state index in [4.69, 9.17) is 4.74 Å². The third kappa shape index (κ3) is 5.79. The molecule has 2 aliphatic heterocycles. The van der Waals surface area contributed by atoms with Gasteiger partial charge in [0.05, 0.1) is 35.2 Å². The van der Waals surface area contributed by atoms with Crippen LogP contribution in [0.15, 0.2) is 29.2 Å². The van der Waals surface area contributed by atoms with Gasteiger partial charge in [0.25, 0.3) is 0 Å². The molecule has 10 heteroatoms. The molecule has 186 valence electrons. The van der Waals surface area contributed by atoms with Crippen molar-refractivity contribution in [3.63, 3.8) is 0 Å². The predicted octanol–water partition coefficient (Wildman–Crippen LogP) is 2.93. The number of aryl methyl sites for hydroxylation is 3. The van der Waals surface area contributed by atoms with Crippen molar-refractivity contribution in [3.8, 4) is 0 Å². The fourth-order valence-electron chi connectivity index (χ4n) is 4.62. The Labute approximate surface area is 202 Å². The lowest BCUT2D eigenvalue weighted by Gasteiger charge is -2.28. The number of benzene rings is 1. The Balaban J connectivity index is 1.58. The largest absolute Gasteiger partial charge is 0.379 e. The van der Waals surface area contributed by atoms with Crippen LogP contribution in [-0.4, -0.2) is 67.8 Å². The second kappa shape index (κ2) is 10.9. The van der Waals surface area contributed by atoms with Crippen LogP contribution >= 0.6 is 0 Å². The van der Waals surface area contributed by atoms with Crippen LogP contribution in [-0.2, 0) is 26.1 Å². The van der Waals surface area contributed by atoms with Crippen molar-refractivity contribution in [1.82, 2.24) is 14.1 Å². The molecule has 34 heavy (non-hydrogen) atoms. The van der Waals surface area contributed by atoms with Crippen molar-refractivity contribution >= 4 is 27.3 Å². The molecule has 0 spiro atoms. The Morgan fingerprint density at radius 2 is 1.74 bits per heavy atom. The lowest BCUT2D eigenvalue weighted by Crippen LogP contribution is -2.40. The van der Waals surface area contributed by atoms with Crippen molar-refractivity contribution < 1.29 is 17.9 Å². The van der Waals surface area contributed by atoms with Crippen molar-refractivity contribution in [2.24, 2.45) is 0 Å². The lowest BCUT2D eigenvalue weighted by atomic mass is 10.2. The van der Waals surface area contributed by atoms with E-state index in [2.05, 4.69) is 15.3 Å². The number of nitrogens with zero attached hydrogens (tertiary/aromatic N) is 4. The van der Waals surface area contributed by atoms with Crippen LogP contribution < -0.4 is 10.2 Å². The zero-order chi connectivity index (χ0) is 24.1. The number of rotatable bonds is 7. The minimum atomic E-state index is -3.66. The summed E-state index contributed by atoms with van der Waals surface area (Å²) < 4.78 is 35.1. The maximum absolute atomic E-state index is 13.3. The zero-order valence-corrected chi connectivity index (χ0v) is 20.9. The smallest absolute Gasteiger partial charge is 0.243 e. The monoisotopic (exact) mass is 489 g/mol. The maximum Gasteiger partial charge on any atom is 0.243 e. The maximum atomic E-state index is 13.3. The second-order valence-electron chi connectivity index (χ2n) is 9.05. The Kier molecular flexibility index (Phi) is 7.90. The first kappa shape index (κ1) is 24.7. The summed E-state index contributed by atoms with van der Waals surface area (Å²) in [6.07, 6.45) is 4.79. The zero-order valence-electron chi connectivity index (χ0n) is 20.1. The summed E-state index contributed by atoms with van der Waals surface area (Å²) in [5, 5.41) is 7.43. The summed E-state index contributed by atoms with van der Waals surface area (Å²) >= 11 is 0. The minimum Gasteiger partial charge on any atom is -0.379 e. The molecule has 2 saturated heterocycles. The quantitative estimate of drug-likeness (QED) is 0.642. The third-order valence-corrected chi connectivity index (χ3v) is 8.35. The first-order valence-electron chi connectivity index (χ1n) is 12.1. The molecule has 1 aromatic heterocycles. The van der Waals surface area contributed by atoms with E-state index in [-0.39, 0.29) is 17.2 Å². The van der Waals surface area contributed by atoms with Gasteiger partial charge in [-0.05, 0) is 51.0 Å². The summed E-state index contributed by atoms with van der Waals surface area (Å²) in [6, 6.07) is 7.10. The highest BCUT2D eigenvalue weighted by Gasteiger charge is 2.28. The number of nitrogens with one attached hydrogen (secondary N) is 1. The summed E-state index contributed by atoms with van der Waals surface area (Å²) in [4.78, 5) is 15.4. The van der Waals surface area contributed by atoms with Gasteiger partial charge in [-0.15, -0.1) is 0 Å². The molecule has 3 heterocycles. The second-order valence-corrected chi connectivity index (χ2v) is 11.0. The van der Waals surface area contributed by atoms with E-state index in [0.29, 0.717) is 38.5 Å². The number of hydrogen-bond acceptors (Lipinski definition) is 6. The van der Waals surface area contributed by atoms with Crippen molar-refractivity contribution in [2.45, 2.75) is 57.4 Å². The topological polar surface area (TPSA) is 96.8 Å². The number of sulfonamides is 1. The molecule has 1 N–H and O–H groups in total. The molecule has 2 aromatic rings. The first-order valence-corrected chi connectivity index (χ1v) is 13.6. The summed E-state index contributed by atoms with van der Waals surface area (Å²) in [6.45, 7) is 7.60. The normalized spacial score (nSPS) is 18.0. The summed E-state index contributed by atoms with van der Waals surface area (Å²) in [5.74, 6) is -0.162. The van der Waals surface area contributed by atoms with E-state index in [9.17, 15) is 13.2 Å². The van der Waals surface area contributed by atoms with Gasteiger partial charge in [0.2, 0.25) is 15.9 Å². The standard InChI is InChI=1S/C24H35N5O4S/c1-19-17-20(2)29(26-19)12-9-24(30)25-22-18-21(34(31,32)28-13-15-33-16-14-28)7-8-23(22)27-10-5-3-4-6-11-27/h7-8,17-18H,3-6,9-16H2,1-2H3,(H,25,30). The van der Waals surface area contributed by atoms with Gasteiger partial charge in [0.1, 0.15) is 0 Å². The summed E-state index contributed by atoms with van der Waals surface area (Å²) in [5.41, 5.74) is 3.36. The van der Waals surface area contributed by atoms with Crippen LogP contribution in [0.1, 0.15) is 43.5 Å². The van der Waals surface area contributed by atoms with Crippen LogP contribution in [0.3, 0.4) is 0 Å². The Hall–Kier alpha value is -2.43. The molecule has 0 bridgehead atoms. The van der Waals surface area contributed by atoms with Gasteiger partial charge in [-0.2, -0.15) is 9.40 Å². The number of carbonyl (C=O) groups is 1. The van der Waals surface area contributed by atoms with Crippen molar-refractivity contribution in [2.75, 3.05) is 49.6 Å². The average molecular weight is 490 g/mol. The molecule has 0 unspecified atom stereocenters. The minimum absolute atomic E-state index is 0.162. The van der Waals surface area contributed by atoms with E-state index >= 15 is 0 Å². The van der Waals surface area contributed by atoms with E-state index in [1.54, 1.807) is 12.1 Å². The number of morpholine rings is 1. The van der Waals surface area contributed by atoms with Gasteiger partial charge >= 0.3 is 0 Å². The fraction of sp³-hybridized carbons (Fsp3) is 0.583. The molecule has 0 radical (unpaired) electrons. The molecule has 1 amide bonds. The molecule has 0 saturated carbocycles. The molecule has 1 aromatic carbocycles. The Morgan fingerprint density at radius 3 is 2.38 bits per heavy atom. The number of carbonyl (C=O) groups excluding carboxylic acids is 1. The number of ether oxygens (including phenoxy) is 1. The van der Waals surface area contributed by atoms with E-state index in [1.165, 1.54) is 17.1 Å². The van der Waals surface area contributed by atoms with Gasteiger partial charge in [0, 0.05) is 44.8 Å². The molecule has 2 aliphatic rings. The SMILES string of the molecule is Cc1cc(C)n(CCC(=O)Nc2cc(S(=O)(=O)N3CCOCC3)ccc2N2CCCCCC2)n1. The van der Waals surface area contributed by atoms with Gasteiger partial charge in [0.15, 0.2) is 0 Å². The van der Waals surface area contributed by atoms with Crippen LogP contribution in [0.25, 0.3) is 0 Å². The van der Waals surface area contributed by atoms with Crippen LogP contribution in [0.5, 0.6) is 0 Å².